The fraction of sp³-hybridized carbons (Fsp3) is 0.462. The van der Waals surface area contributed by atoms with E-state index < -0.39 is 0 Å². The summed E-state index contributed by atoms with van der Waals surface area (Å²) in [5.41, 5.74) is 0.455. The van der Waals surface area contributed by atoms with E-state index in [0.717, 1.165) is 12.8 Å². The van der Waals surface area contributed by atoms with Crippen molar-refractivity contribution in [2.75, 3.05) is 18.4 Å². The number of carbonyl (C=O) groups excluding carboxylic acids is 1. The Morgan fingerprint density at radius 3 is 2.89 bits per heavy atom. The van der Waals surface area contributed by atoms with Crippen LogP contribution in [0, 0.1) is 5.82 Å². The van der Waals surface area contributed by atoms with Gasteiger partial charge >= 0.3 is 0 Å². The molecule has 0 atom stereocenters. The SMILES string of the molecule is CCN(C(=O)CNc1cc(F)ccc1Cl)C1CC1. The van der Waals surface area contributed by atoms with Crippen molar-refractivity contribution in [1.29, 1.82) is 0 Å². The molecule has 1 aromatic carbocycles. The Hall–Kier alpha value is -1.29. The fourth-order valence-corrected chi connectivity index (χ4v) is 2.11. The van der Waals surface area contributed by atoms with Crippen molar-refractivity contribution in [1.82, 2.24) is 4.90 Å². The van der Waals surface area contributed by atoms with Gasteiger partial charge in [-0.25, -0.2) is 4.39 Å². The van der Waals surface area contributed by atoms with Gasteiger partial charge in [0, 0.05) is 12.6 Å². The van der Waals surface area contributed by atoms with Gasteiger partial charge in [0.05, 0.1) is 17.3 Å². The van der Waals surface area contributed by atoms with Gasteiger partial charge < -0.3 is 10.2 Å². The van der Waals surface area contributed by atoms with E-state index in [-0.39, 0.29) is 18.3 Å². The molecule has 0 aromatic heterocycles. The molecule has 0 unspecified atom stereocenters. The minimum absolute atomic E-state index is 0.0281. The summed E-state index contributed by atoms with van der Waals surface area (Å²) in [5, 5.41) is 3.30. The number of amides is 1. The van der Waals surface area contributed by atoms with E-state index in [0.29, 0.717) is 23.3 Å². The maximum atomic E-state index is 13.0. The summed E-state index contributed by atoms with van der Waals surface area (Å²) in [7, 11) is 0. The summed E-state index contributed by atoms with van der Waals surface area (Å²) in [6, 6.07) is 4.45. The Morgan fingerprint density at radius 1 is 1.56 bits per heavy atom. The molecule has 18 heavy (non-hydrogen) atoms. The van der Waals surface area contributed by atoms with Gasteiger partial charge in [0.1, 0.15) is 5.82 Å². The molecule has 0 heterocycles. The van der Waals surface area contributed by atoms with Crippen molar-refractivity contribution in [3.63, 3.8) is 0 Å². The zero-order valence-electron chi connectivity index (χ0n) is 10.2. The summed E-state index contributed by atoms with van der Waals surface area (Å²) < 4.78 is 13.0. The molecule has 0 spiro atoms. The number of carbonyl (C=O) groups is 1. The average molecular weight is 271 g/mol. The minimum atomic E-state index is -0.371. The predicted octanol–water partition coefficient (Wildman–Crippen LogP) is 2.90. The third kappa shape index (κ3) is 3.13. The van der Waals surface area contributed by atoms with Gasteiger partial charge in [-0.1, -0.05) is 11.6 Å². The molecule has 1 N–H and O–H groups in total. The normalized spacial score (nSPS) is 14.4. The second kappa shape index (κ2) is 5.57. The minimum Gasteiger partial charge on any atom is -0.375 e. The van der Waals surface area contributed by atoms with E-state index >= 15 is 0 Å². The van der Waals surface area contributed by atoms with Gasteiger partial charge in [-0.3, -0.25) is 4.79 Å². The third-order valence-corrected chi connectivity index (χ3v) is 3.34. The molecule has 0 aliphatic heterocycles. The molecule has 5 heteroatoms. The van der Waals surface area contributed by atoms with Crippen molar-refractivity contribution in [2.45, 2.75) is 25.8 Å². The van der Waals surface area contributed by atoms with E-state index in [2.05, 4.69) is 5.32 Å². The number of halogens is 2. The molecule has 1 aliphatic rings. The number of rotatable bonds is 5. The molecule has 98 valence electrons. The van der Waals surface area contributed by atoms with Crippen LogP contribution >= 0.6 is 11.6 Å². The van der Waals surface area contributed by atoms with Crippen LogP contribution in [0.2, 0.25) is 5.02 Å². The summed E-state index contributed by atoms with van der Waals surface area (Å²) >= 11 is 5.91. The van der Waals surface area contributed by atoms with E-state index in [9.17, 15) is 9.18 Å². The Bertz CT molecular complexity index is 449. The molecule has 1 amide bonds. The monoisotopic (exact) mass is 270 g/mol. The first-order valence-electron chi connectivity index (χ1n) is 6.10. The lowest BCUT2D eigenvalue weighted by Crippen LogP contribution is -2.37. The summed E-state index contributed by atoms with van der Waals surface area (Å²) in [5.74, 6) is -0.343. The Morgan fingerprint density at radius 2 is 2.28 bits per heavy atom. The van der Waals surface area contributed by atoms with Crippen LogP contribution in [0.4, 0.5) is 10.1 Å². The average Bonchev–Trinajstić information content (AvgIpc) is 3.16. The highest BCUT2D eigenvalue weighted by atomic mass is 35.5. The molecule has 0 radical (unpaired) electrons. The predicted molar refractivity (Wildman–Crippen MR) is 70.3 cm³/mol. The maximum Gasteiger partial charge on any atom is 0.242 e. The van der Waals surface area contributed by atoms with Crippen LogP contribution in [0.15, 0.2) is 18.2 Å². The molecule has 0 saturated heterocycles. The van der Waals surface area contributed by atoms with E-state index in [1.165, 1.54) is 18.2 Å². The highest BCUT2D eigenvalue weighted by Crippen LogP contribution is 2.27. The van der Waals surface area contributed by atoms with Crippen LogP contribution in [0.3, 0.4) is 0 Å². The number of hydrogen-bond acceptors (Lipinski definition) is 2. The van der Waals surface area contributed by atoms with Crippen molar-refractivity contribution in [3.05, 3.63) is 29.0 Å². The Kier molecular flexibility index (Phi) is 4.07. The molecule has 1 fully saturated rings. The number of anilines is 1. The number of benzene rings is 1. The van der Waals surface area contributed by atoms with Crippen molar-refractivity contribution in [3.8, 4) is 0 Å². The second-order valence-electron chi connectivity index (χ2n) is 4.39. The summed E-state index contributed by atoms with van der Waals surface area (Å²) in [6.45, 7) is 2.82. The van der Waals surface area contributed by atoms with Crippen LogP contribution in [-0.4, -0.2) is 29.9 Å². The number of likely N-dealkylation sites (N-methyl/N-ethyl adjacent to an activating group) is 1. The zero-order chi connectivity index (χ0) is 13.1. The van der Waals surface area contributed by atoms with Gasteiger partial charge in [0.2, 0.25) is 5.91 Å². The molecule has 2 rings (SSSR count). The van der Waals surface area contributed by atoms with Gasteiger partial charge in [-0.05, 0) is 38.0 Å². The molecule has 1 aliphatic carbocycles. The lowest BCUT2D eigenvalue weighted by molar-refractivity contribution is -0.129. The topological polar surface area (TPSA) is 32.3 Å². The highest BCUT2D eigenvalue weighted by Gasteiger charge is 2.30. The standard InChI is InChI=1S/C13H16ClFN2O/c1-2-17(10-4-5-10)13(18)8-16-12-7-9(15)3-6-11(12)14/h3,6-7,10,16H,2,4-5,8H2,1H3. The molecular weight excluding hydrogens is 255 g/mol. The van der Waals surface area contributed by atoms with Crippen LogP contribution in [-0.2, 0) is 4.79 Å². The molecular formula is C13H16ClFN2O. The van der Waals surface area contributed by atoms with Crippen LogP contribution in [0.1, 0.15) is 19.8 Å². The molecule has 0 bridgehead atoms. The van der Waals surface area contributed by atoms with Crippen LogP contribution in [0.5, 0.6) is 0 Å². The lowest BCUT2D eigenvalue weighted by Gasteiger charge is -2.21. The highest BCUT2D eigenvalue weighted by molar-refractivity contribution is 6.33. The molecule has 1 aromatic rings. The zero-order valence-corrected chi connectivity index (χ0v) is 11.0. The molecule has 1 saturated carbocycles. The summed E-state index contributed by atoms with van der Waals surface area (Å²) in [4.78, 5) is 13.8. The van der Waals surface area contributed by atoms with E-state index in [1.54, 1.807) is 0 Å². The first-order chi connectivity index (χ1) is 8.61. The quantitative estimate of drug-likeness (QED) is 0.892. The Labute approximate surface area is 111 Å². The number of nitrogens with zero attached hydrogens (tertiary/aromatic N) is 1. The van der Waals surface area contributed by atoms with Gasteiger partial charge in [0.25, 0.3) is 0 Å². The fourth-order valence-electron chi connectivity index (χ4n) is 1.93. The maximum absolute atomic E-state index is 13.0. The van der Waals surface area contributed by atoms with Crippen LogP contribution < -0.4 is 5.32 Å². The lowest BCUT2D eigenvalue weighted by atomic mass is 10.3. The van der Waals surface area contributed by atoms with Gasteiger partial charge in [-0.2, -0.15) is 0 Å². The largest absolute Gasteiger partial charge is 0.375 e. The Balaban J connectivity index is 1.94. The summed E-state index contributed by atoms with van der Waals surface area (Å²) in [6.07, 6.45) is 2.17. The van der Waals surface area contributed by atoms with Crippen molar-refractivity contribution >= 4 is 23.2 Å². The number of nitrogens with one attached hydrogen (secondary N) is 1. The third-order valence-electron chi connectivity index (χ3n) is 3.01. The van der Waals surface area contributed by atoms with Crippen molar-refractivity contribution < 1.29 is 9.18 Å². The van der Waals surface area contributed by atoms with E-state index in [4.69, 9.17) is 11.6 Å². The van der Waals surface area contributed by atoms with Gasteiger partial charge in [0.15, 0.2) is 0 Å². The first-order valence-corrected chi connectivity index (χ1v) is 6.48. The smallest absolute Gasteiger partial charge is 0.242 e. The van der Waals surface area contributed by atoms with E-state index in [1.807, 2.05) is 11.8 Å². The number of hydrogen-bond donors (Lipinski definition) is 1. The first kappa shape index (κ1) is 13.1. The van der Waals surface area contributed by atoms with Crippen molar-refractivity contribution in [2.24, 2.45) is 0 Å². The van der Waals surface area contributed by atoms with Crippen LogP contribution in [0.25, 0.3) is 0 Å². The van der Waals surface area contributed by atoms with Gasteiger partial charge in [-0.15, -0.1) is 0 Å². The molecule has 3 nitrogen and oxygen atoms in total. The second-order valence-corrected chi connectivity index (χ2v) is 4.80.